The van der Waals surface area contributed by atoms with Crippen molar-refractivity contribution in [3.8, 4) is 0 Å². The first-order chi connectivity index (χ1) is 7.83. The van der Waals surface area contributed by atoms with Crippen molar-refractivity contribution in [3.63, 3.8) is 0 Å². The van der Waals surface area contributed by atoms with E-state index in [2.05, 4.69) is 12.2 Å². The fourth-order valence-electron chi connectivity index (χ4n) is 1.36. The summed E-state index contributed by atoms with van der Waals surface area (Å²) in [5.41, 5.74) is 0. The molecule has 16 heavy (non-hydrogen) atoms. The van der Waals surface area contributed by atoms with Gasteiger partial charge in [-0.15, -0.1) is 0 Å². The Labute approximate surface area is 98.6 Å². The quantitative estimate of drug-likeness (QED) is 0.540. The second kappa shape index (κ2) is 8.93. The molecule has 1 fully saturated rings. The van der Waals surface area contributed by atoms with Gasteiger partial charge in [-0.3, -0.25) is 0 Å². The van der Waals surface area contributed by atoms with Crippen LogP contribution >= 0.6 is 0 Å². The molecule has 1 atom stereocenters. The smallest absolute Gasteiger partial charge is 0.0701 e. The Morgan fingerprint density at radius 3 is 2.50 bits per heavy atom. The van der Waals surface area contributed by atoms with E-state index in [0.717, 1.165) is 19.2 Å². The summed E-state index contributed by atoms with van der Waals surface area (Å²) in [4.78, 5) is 0. The molecular formula is C12H25NO3. The Bertz CT molecular complexity index is 162. The van der Waals surface area contributed by atoms with Crippen LogP contribution in [0.4, 0.5) is 0 Å². The second-order valence-electron chi connectivity index (χ2n) is 4.47. The highest BCUT2D eigenvalue weighted by molar-refractivity contribution is 4.81. The molecule has 1 N–H and O–H groups in total. The lowest BCUT2D eigenvalue weighted by molar-refractivity contribution is 0.0171. The van der Waals surface area contributed by atoms with Crippen molar-refractivity contribution in [1.82, 2.24) is 5.32 Å². The molecule has 0 aromatic rings. The van der Waals surface area contributed by atoms with Crippen molar-refractivity contribution >= 4 is 0 Å². The molecule has 4 heteroatoms. The highest BCUT2D eigenvalue weighted by Crippen LogP contribution is 2.18. The third-order valence-electron chi connectivity index (χ3n) is 2.54. The third-order valence-corrected chi connectivity index (χ3v) is 2.54. The van der Waals surface area contributed by atoms with Crippen molar-refractivity contribution in [2.24, 2.45) is 5.92 Å². The molecule has 1 unspecified atom stereocenters. The molecule has 0 heterocycles. The fourth-order valence-corrected chi connectivity index (χ4v) is 1.36. The standard InChI is InChI=1S/C12H25NO3/c1-11(9-13-12-3-4-12)10-16-8-7-15-6-5-14-2/h11-13H,3-10H2,1-2H3. The summed E-state index contributed by atoms with van der Waals surface area (Å²) in [6.45, 7) is 6.73. The average molecular weight is 231 g/mol. The zero-order valence-corrected chi connectivity index (χ0v) is 10.5. The van der Waals surface area contributed by atoms with Gasteiger partial charge in [-0.2, -0.15) is 0 Å². The van der Waals surface area contributed by atoms with E-state index < -0.39 is 0 Å². The van der Waals surface area contributed by atoms with E-state index in [4.69, 9.17) is 14.2 Å². The lowest BCUT2D eigenvalue weighted by Crippen LogP contribution is -2.26. The molecule has 0 aliphatic heterocycles. The number of hydrogen-bond donors (Lipinski definition) is 1. The third kappa shape index (κ3) is 8.05. The van der Waals surface area contributed by atoms with Crippen LogP contribution in [0.25, 0.3) is 0 Å². The van der Waals surface area contributed by atoms with Crippen molar-refractivity contribution in [2.45, 2.75) is 25.8 Å². The van der Waals surface area contributed by atoms with Crippen LogP contribution in [0.1, 0.15) is 19.8 Å². The van der Waals surface area contributed by atoms with Crippen LogP contribution in [0.3, 0.4) is 0 Å². The highest BCUT2D eigenvalue weighted by atomic mass is 16.5. The first-order valence-electron chi connectivity index (χ1n) is 6.20. The molecule has 1 saturated carbocycles. The number of methoxy groups -OCH3 is 1. The fraction of sp³-hybridized carbons (Fsp3) is 1.00. The Hall–Kier alpha value is -0.160. The predicted molar refractivity (Wildman–Crippen MR) is 63.7 cm³/mol. The zero-order valence-electron chi connectivity index (χ0n) is 10.5. The van der Waals surface area contributed by atoms with E-state index in [9.17, 15) is 0 Å². The lowest BCUT2D eigenvalue weighted by Gasteiger charge is -2.12. The van der Waals surface area contributed by atoms with Gasteiger partial charge in [-0.25, -0.2) is 0 Å². The average Bonchev–Trinajstić information content (AvgIpc) is 3.09. The molecule has 0 spiro atoms. The van der Waals surface area contributed by atoms with Gasteiger partial charge in [0.1, 0.15) is 0 Å². The molecule has 0 saturated heterocycles. The zero-order chi connectivity index (χ0) is 11.6. The summed E-state index contributed by atoms with van der Waals surface area (Å²) >= 11 is 0. The summed E-state index contributed by atoms with van der Waals surface area (Å²) in [7, 11) is 1.68. The monoisotopic (exact) mass is 231 g/mol. The lowest BCUT2D eigenvalue weighted by atomic mass is 10.2. The number of hydrogen-bond acceptors (Lipinski definition) is 4. The van der Waals surface area contributed by atoms with Crippen molar-refractivity contribution in [1.29, 1.82) is 0 Å². The predicted octanol–water partition coefficient (Wildman–Crippen LogP) is 1.05. The van der Waals surface area contributed by atoms with E-state index in [-0.39, 0.29) is 0 Å². The molecule has 1 aliphatic carbocycles. The summed E-state index contributed by atoms with van der Waals surface area (Å²) in [5.74, 6) is 0.583. The van der Waals surface area contributed by atoms with Crippen LogP contribution in [-0.4, -0.2) is 52.7 Å². The normalized spacial score (nSPS) is 17.6. The molecule has 96 valence electrons. The van der Waals surface area contributed by atoms with E-state index in [0.29, 0.717) is 32.3 Å². The van der Waals surface area contributed by atoms with Gasteiger partial charge in [0, 0.05) is 19.7 Å². The number of nitrogens with one attached hydrogen (secondary N) is 1. The molecule has 4 nitrogen and oxygen atoms in total. The maximum absolute atomic E-state index is 5.52. The van der Waals surface area contributed by atoms with Gasteiger partial charge < -0.3 is 19.5 Å². The van der Waals surface area contributed by atoms with Gasteiger partial charge in [0.25, 0.3) is 0 Å². The van der Waals surface area contributed by atoms with Gasteiger partial charge in [-0.05, 0) is 18.8 Å². The van der Waals surface area contributed by atoms with E-state index >= 15 is 0 Å². The van der Waals surface area contributed by atoms with Crippen molar-refractivity contribution in [3.05, 3.63) is 0 Å². The Morgan fingerprint density at radius 2 is 1.81 bits per heavy atom. The molecule has 0 amide bonds. The minimum atomic E-state index is 0.583. The molecule has 0 aromatic carbocycles. The van der Waals surface area contributed by atoms with Gasteiger partial charge in [0.05, 0.1) is 33.0 Å². The van der Waals surface area contributed by atoms with Crippen molar-refractivity contribution < 1.29 is 14.2 Å². The minimum Gasteiger partial charge on any atom is -0.382 e. The van der Waals surface area contributed by atoms with Gasteiger partial charge in [0.15, 0.2) is 0 Å². The Balaban J connectivity index is 1.75. The van der Waals surface area contributed by atoms with Crippen LogP contribution in [0, 0.1) is 5.92 Å². The van der Waals surface area contributed by atoms with Crippen molar-refractivity contribution in [2.75, 3.05) is 46.7 Å². The van der Waals surface area contributed by atoms with Crippen LogP contribution < -0.4 is 5.32 Å². The van der Waals surface area contributed by atoms with Crippen LogP contribution in [0.2, 0.25) is 0 Å². The topological polar surface area (TPSA) is 39.7 Å². The summed E-state index contributed by atoms with van der Waals surface area (Å²) in [5, 5.41) is 3.50. The number of rotatable bonds is 11. The Morgan fingerprint density at radius 1 is 1.12 bits per heavy atom. The van der Waals surface area contributed by atoms with E-state index in [1.54, 1.807) is 7.11 Å². The number of ether oxygens (including phenoxy) is 3. The summed E-state index contributed by atoms with van der Waals surface area (Å²) in [6, 6.07) is 0.792. The first kappa shape index (κ1) is 13.9. The summed E-state index contributed by atoms with van der Waals surface area (Å²) in [6.07, 6.45) is 2.70. The molecule has 0 bridgehead atoms. The molecular weight excluding hydrogens is 206 g/mol. The second-order valence-corrected chi connectivity index (χ2v) is 4.47. The largest absolute Gasteiger partial charge is 0.382 e. The van der Waals surface area contributed by atoms with Gasteiger partial charge in [-0.1, -0.05) is 6.92 Å². The molecule has 0 radical (unpaired) electrons. The van der Waals surface area contributed by atoms with Crippen LogP contribution in [0.5, 0.6) is 0 Å². The summed E-state index contributed by atoms with van der Waals surface area (Å²) < 4.78 is 15.7. The Kier molecular flexibility index (Phi) is 7.76. The van der Waals surface area contributed by atoms with Crippen LogP contribution in [-0.2, 0) is 14.2 Å². The van der Waals surface area contributed by atoms with E-state index in [1.165, 1.54) is 12.8 Å². The molecule has 1 rings (SSSR count). The minimum absolute atomic E-state index is 0.583. The van der Waals surface area contributed by atoms with Gasteiger partial charge in [0.2, 0.25) is 0 Å². The molecule has 0 aromatic heterocycles. The van der Waals surface area contributed by atoms with Gasteiger partial charge >= 0.3 is 0 Å². The maximum Gasteiger partial charge on any atom is 0.0701 e. The van der Waals surface area contributed by atoms with Crippen LogP contribution in [0.15, 0.2) is 0 Å². The highest BCUT2D eigenvalue weighted by Gasteiger charge is 2.20. The first-order valence-corrected chi connectivity index (χ1v) is 6.20. The van der Waals surface area contributed by atoms with E-state index in [1.807, 2.05) is 0 Å². The SMILES string of the molecule is COCCOCCOCC(C)CNC1CC1. The molecule has 1 aliphatic rings. The maximum atomic E-state index is 5.52.